The van der Waals surface area contributed by atoms with E-state index in [9.17, 15) is 0 Å². The quantitative estimate of drug-likeness (QED) is 0.161. The Kier molecular flexibility index (Phi) is 7.00. The van der Waals surface area contributed by atoms with Crippen molar-refractivity contribution < 1.29 is 0 Å². The van der Waals surface area contributed by atoms with E-state index < -0.39 is 0 Å². The summed E-state index contributed by atoms with van der Waals surface area (Å²) in [5.41, 5.74) is 15.3. The second-order valence-corrected chi connectivity index (χ2v) is 15.8. The maximum atomic E-state index is 2.44. The Morgan fingerprint density at radius 3 is 1.02 bits per heavy atom. The molecule has 10 aromatic carbocycles. The van der Waals surface area contributed by atoms with Gasteiger partial charge in [-0.1, -0.05) is 172 Å². The molecule has 0 fully saturated rings. The molecule has 0 saturated carbocycles. The van der Waals surface area contributed by atoms with Crippen molar-refractivity contribution in [3.05, 3.63) is 205 Å². The lowest BCUT2D eigenvalue weighted by atomic mass is 9.80. The molecule has 0 aliphatic heterocycles. The third-order valence-electron chi connectivity index (χ3n) is 12.2. The van der Waals surface area contributed by atoms with Crippen molar-refractivity contribution in [2.45, 2.75) is 19.3 Å². The minimum Gasteiger partial charge on any atom is -0.0616 e. The number of benzene rings is 10. The molecule has 0 radical (unpaired) electrons. The van der Waals surface area contributed by atoms with Gasteiger partial charge < -0.3 is 0 Å². The molecule has 0 heterocycles. The first-order valence-corrected chi connectivity index (χ1v) is 19.3. The molecule has 0 nitrogen and oxygen atoms in total. The molecule has 0 saturated heterocycles. The van der Waals surface area contributed by atoms with Crippen molar-refractivity contribution in [2.75, 3.05) is 0 Å². The summed E-state index contributed by atoms with van der Waals surface area (Å²) in [5, 5.41) is 10.3. The average molecular weight is 699 g/mol. The Balaban J connectivity index is 0.929. The number of hydrogen-bond donors (Lipinski definition) is 0. The van der Waals surface area contributed by atoms with Gasteiger partial charge in [0.2, 0.25) is 0 Å². The highest BCUT2D eigenvalue weighted by atomic mass is 14.4. The third-order valence-corrected chi connectivity index (χ3v) is 12.2. The molecular weight excluding hydrogens is 661 g/mol. The molecule has 10 aromatic rings. The zero-order valence-electron chi connectivity index (χ0n) is 31.0. The molecule has 0 aromatic heterocycles. The largest absolute Gasteiger partial charge is 0.0616 e. The molecule has 1 aliphatic rings. The van der Waals surface area contributed by atoms with Gasteiger partial charge in [-0.3, -0.25) is 0 Å². The summed E-state index contributed by atoms with van der Waals surface area (Å²) in [4.78, 5) is 0. The van der Waals surface area contributed by atoms with Crippen LogP contribution in [-0.2, 0) is 5.41 Å². The van der Waals surface area contributed by atoms with Crippen LogP contribution in [0.4, 0.5) is 0 Å². The fraction of sp³-hybridized carbons (Fsp3) is 0.0545. The van der Waals surface area contributed by atoms with E-state index >= 15 is 0 Å². The van der Waals surface area contributed by atoms with E-state index in [0.29, 0.717) is 0 Å². The van der Waals surface area contributed by atoms with Crippen LogP contribution in [0.5, 0.6) is 0 Å². The van der Waals surface area contributed by atoms with Gasteiger partial charge in [-0.2, -0.15) is 0 Å². The van der Waals surface area contributed by atoms with Crippen molar-refractivity contribution >= 4 is 43.1 Å². The molecule has 55 heavy (non-hydrogen) atoms. The van der Waals surface area contributed by atoms with Crippen LogP contribution in [0.15, 0.2) is 194 Å². The van der Waals surface area contributed by atoms with Crippen LogP contribution < -0.4 is 0 Å². The SMILES string of the molecule is CC1(C)c2cc(-c3cccc(-c4ccc5ccc6ccccc6c5c4)c3)ccc2-c2ccc(-c3cccc(-c4ccc5ccc6ccccc6c5c4)c3)cc21. The summed E-state index contributed by atoms with van der Waals surface area (Å²) in [5.74, 6) is 0. The van der Waals surface area contributed by atoms with Gasteiger partial charge in [-0.25, -0.2) is 0 Å². The van der Waals surface area contributed by atoms with Crippen LogP contribution >= 0.6 is 0 Å². The summed E-state index contributed by atoms with van der Waals surface area (Å²) in [6.45, 7) is 4.77. The van der Waals surface area contributed by atoms with Gasteiger partial charge >= 0.3 is 0 Å². The Morgan fingerprint density at radius 1 is 0.255 bits per heavy atom. The van der Waals surface area contributed by atoms with E-state index in [4.69, 9.17) is 0 Å². The highest BCUT2D eigenvalue weighted by Crippen LogP contribution is 2.51. The first-order chi connectivity index (χ1) is 27.0. The highest BCUT2D eigenvalue weighted by molar-refractivity contribution is 6.10. The Morgan fingerprint density at radius 2 is 0.582 bits per heavy atom. The summed E-state index contributed by atoms with van der Waals surface area (Å²) < 4.78 is 0. The summed E-state index contributed by atoms with van der Waals surface area (Å²) in [6.07, 6.45) is 0. The van der Waals surface area contributed by atoms with Crippen molar-refractivity contribution in [1.29, 1.82) is 0 Å². The predicted molar refractivity (Wildman–Crippen MR) is 236 cm³/mol. The fourth-order valence-corrected chi connectivity index (χ4v) is 9.22. The molecule has 0 heteroatoms. The van der Waals surface area contributed by atoms with E-state index in [2.05, 4.69) is 208 Å². The highest BCUT2D eigenvalue weighted by Gasteiger charge is 2.36. The molecule has 0 amide bonds. The first-order valence-electron chi connectivity index (χ1n) is 19.3. The Bertz CT molecular complexity index is 2960. The molecule has 0 atom stereocenters. The lowest BCUT2D eigenvalue weighted by molar-refractivity contribution is 0.661. The fourth-order valence-electron chi connectivity index (χ4n) is 9.22. The molecule has 11 rings (SSSR count). The number of hydrogen-bond acceptors (Lipinski definition) is 0. The van der Waals surface area contributed by atoms with E-state index in [-0.39, 0.29) is 5.41 Å². The van der Waals surface area contributed by atoms with Crippen molar-refractivity contribution in [2.24, 2.45) is 0 Å². The minimum absolute atomic E-state index is 0.134. The van der Waals surface area contributed by atoms with Gasteiger partial charge in [0.05, 0.1) is 0 Å². The van der Waals surface area contributed by atoms with Gasteiger partial charge in [0, 0.05) is 5.41 Å². The Hall–Kier alpha value is -6.76. The minimum atomic E-state index is -0.134. The first kappa shape index (κ1) is 31.7. The van der Waals surface area contributed by atoms with Crippen molar-refractivity contribution in [1.82, 2.24) is 0 Å². The lowest BCUT2D eigenvalue weighted by Gasteiger charge is -2.23. The Labute approximate surface area is 322 Å². The number of fused-ring (bicyclic) bond motifs is 9. The maximum absolute atomic E-state index is 2.44. The third kappa shape index (κ3) is 5.13. The predicted octanol–water partition coefficient (Wildman–Crippen LogP) is 15.3. The zero-order chi connectivity index (χ0) is 36.7. The topological polar surface area (TPSA) is 0 Å². The van der Waals surface area contributed by atoms with Gasteiger partial charge in [0.15, 0.2) is 0 Å². The number of rotatable bonds is 4. The van der Waals surface area contributed by atoms with Crippen LogP contribution in [-0.4, -0.2) is 0 Å². The van der Waals surface area contributed by atoms with Gasteiger partial charge in [0.1, 0.15) is 0 Å². The normalized spacial score (nSPS) is 13.1. The second-order valence-electron chi connectivity index (χ2n) is 15.8. The van der Waals surface area contributed by atoms with E-state index in [1.807, 2.05) is 0 Å². The molecule has 0 spiro atoms. The molecule has 258 valence electrons. The second kappa shape index (κ2) is 12.1. The zero-order valence-corrected chi connectivity index (χ0v) is 31.0. The molecule has 1 aliphatic carbocycles. The average Bonchev–Trinajstić information content (AvgIpc) is 3.48. The van der Waals surface area contributed by atoms with E-state index in [0.717, 1.165) is 0 Å². The summed E-state index contributed by atoms with van der Waals surface area (Å²) in [6, 6.07) is 72.3. The van der Waals surface area contributed by atoms with E-state index in [1.54, 1.807) is 0 Å². The lowest BCUT2D eigenvalue weighted by Crippen LogP contribution is -2.15. The molecular formula is C55H38. The van der Waals surface area contributed by atoms with Crippen LogP contribution in [0.3, 0.4) is 0 Å². The summed E-state index contributed by atoms with van der Waals surface area (Å²) >= 11 is 0. The van der Waals surface area contributed by atoms with Crippen molar-refractivity contribution in [3.63, 3.8) is 0 Å². The van der Waals surface area contributed by atoms with Crippen LogP contribution in [0, 0.1) is 0 Å². The van der Waals surface area contributed by atoms with Crippen LogP contribution in [0.25, 0.3) is 98.7 Å². The standard InChI is InChI=1S/C55H38/c1-55(2)53-33-45(41-13-7-11-39(29-41)43-23-21-37-19-17-35-9-3-5-15-47(35)51(37)31-43)25-27-49(53)50-28-26-46(34-54(50)55)42-14-8-12-40(30-42)44-24-22-38-20-18-36-10-4-6-16-48(36)52(38)32-44/h3-34H,1-2H3. The summed E-state index contributed by atoms with van der Waals surface area (Å²) in [7, 11) is 0. The van der Waals surface area contributed by atoms with Crippen LogP contribution in [0.2, 0.25) is 0 Å². The van der Waals surface area contributed by atoms with E-state index in [1.165, 1.54) is 110 Å². The smallest absolute Gasteiger partial charge is 0.0159 e. The monoisotopic (exact) mass is 698 g/mol. The van der Waals surface area contributed by atoms with Crippen molar-refractivity contribution in [3.8, 4) is 55.6 Å². The molecule has 0 unspecified atom stereocenters. The van der Waals surface area contributed by atoms with Gasteiger partial charge in [-0.05, 0) is 146 Å². The maximum Gasteiger partial charge on any atom is 0.0159 e. The van der Waals surface area contributed by atoms with Crippen LogP contribution in [0.1, 0.15) is 25.0 Å². The van der Waals surface area contributed by atoms with Gasteiger partial charge in [-0.15, -0.1) is 0 Å². The molecule has 0 N–H and O–H groups in total. The van der Waals surface area contributed by atoms with Gasteiger partial charge in [0.25, 0.3) is 0 Å². The molecule has 0 bridgehead atoms.